The van der Waals surface area contributed by atoms with Crippen LogP contribution in [0.2, 0.25) is 0 Å². The molecule has 21 heavy (non-hydrogen) atoms. The molecule has 0 N–H and O–H groups in total. The van der Waals surface area contributed by atoms with Gasteiger partial charge in [0.1, 0.15) is 0 Å². The molecule has 0 aromatic carbocycles. The molecule has 2 atom stereocenters. The van der Waals surface area contributed by atoms with Gasteiger partial charge in [-0.25, -0.2) is 4.68 Å². The van der Waals surface area contributed by atoms with Gasteiger partial charge in [0.15, 0.2) is 0 Å². The highest BCUT2D eigenvalue weighted by molar-refractivity contribution is 5.21. The summed E-state index contributed by atoms with van der Waals surface area (Å²) in [6.07, 6.45) is 5.88. The molecule has 114 valence electrons. The van der Waals surface area contributed by atoms with Crippen LogP contribution in [0.1, 0.15) is 37.9 Å². The molecule has 0 amide bonds. The summed E-state index contributed by atoms with van der Waals surface area (Å²) in [5.74, 6) is 1.43. The van der Waals surface area contributed by atoms with Crippen molar-refractivity contribution in [2.24, 2.45) is 18.9 Å². The van der Waals surface area contributed by atoms with Crippen molar-refractivity contribution in [3.63, 3.8) is 0 Å². The Bertz CT molecular complexity index is 617. The average molecular weight is 287 g/mol. The Labute approximate surface area is 126 Å². The number of nitrogens with zero attached hydrogens (tertiary/aromatic N) is 3. The van der Waals surface area contributed by atoms with Crippen LogP contribution in [-0.4, -0.2) is 27.8 Å². The zero-order chi connectivity index (χ0) is 15.0. The van der Waals surface area contributed by atoms with Crippen molar-refractivity contribution in [2.45, 2.75) is 39.7 Å². The highest BCUT2D eigenvalue weighted by atomic mass is 16.1. The van der Waals surface area contributed by atoms with Crippen LogP contribution < -0.4 is 5.56 Å². The first-order valence-electron chi connectivity index (χ1n) is 7.99. The van der Waals surface area contributed by atoms with E-state index in [0.717, 1.165) is 43.2 Å². The van der Waals surface area contributed by atoms with E-state index in [1.54, 1.807) is 18.7 Å². The van der Waals surface area contributed by atoms with Crippen LogP contribution in [0, 0.1) is 11.8 Å². The molecule has 0 bridgehead atoms. The lowest BCUT2D eigenvalue weighted by Crippen LogP contribution is -2.39. The van der Waals surface area contributed by atoms with E-state index in [-0.39, 0.29) is 5.56 Å². The van der Waals surface area contributed by atoms with E-state index < -0.39 is 0 Å². The first kappa shape index (κ1) is 14.5. The number of allylic oxidation sites excluding steroid dienone is 1. The van der Waals surface area contributed by atoms with Gasteiger partial charge in [-0.15, -0.1) is 0 Å². The topological polar surface area (TPSA) is 38.1 Å². The molecule has 0 saturated carbocycles. The molecule has 2 heterocycles. The maximum Gasteiger partial charge on any atom is 0.266 e. The molecule has 1 aliphatic heterocycles. The van der Waals surface area contributed by atoms with Gasteiger partial charge in [0, 0.05) is 39.2 Å². The molecule has 0 saturated heterocycles. The molecule has 0 spiro atoms. The molecule has 1 aromatic heterocycles. The third-order valence-electron chi connectivity index (χ3n) is 5.13. The summed E-state index contributed by atoms with van der Waals surface area (Å²) in [6.45, 7) is 7.67. The summed E-state index contributed by atoms with van der Waals surface area (Å²) in [6, 6.07) is 1.77. The second kappa shape index (κ2) is 5.76. The molecule has 1 aliphatic carbocycles. The van der Waals surface area contributed by atoms with Gasteiger partial charge in [-0.3, -0.25) is 9.69 Å². The number of hydrogen-bond acceptors (Lipinski definition) is 3. The summed E-state index contributed by atoms with van der Waals surface area (Å²) in [4.78, 5) is 14.3. The summed E-state index contributed by atoms with van der Waals surface area (Å²) >= 11 is 0. The van der Waals surface area contributed by atoms with Gasteiger partial charge in [0.25, 0.3) is 5.56 Å². The van der Waals surface area contributed by atoms with Crippen molar-refractivity contribution in [1.29, 1.82) is 0 Å². The Morgan fingerprint density at radius 2 is 2.24 bits per heavy atom. The first-order valence-corrected chi connectivity index (χ1v) is 7.99. The molecule has 2 aliphatic rings. The van der Waals surface area contributed by atoms with Crippen LogP contribution in [0.4, 0.5) is 0 Å². The van der Waals surface area contributed by atoms with Gasteiger partial charge < -0.3 is 0 Å². The van der Waals surface area contributed by atoms with Crippen molar-refractivity contribution in [3.05, 3.63) is 39.3 Å². The Morgan fingerprint density at radius 1 is 1.43 bits per heavy atom. The van der Waals surface area contributed by atoms with Crippen molar-refractivity contribution in [1.82, 2.24) is 14.7 Å². The minimum Gasteiger partial charge on any atom is -0.298 e. The Hall–Kier alpha value is -1.42. The van der Waals surface area contributed by atoms with Gasteiger partial charge in [0.2, 0.25) is 0 Å². The van der Waals surface area contributed by atoms with Crippen LogP contribution in [0.25, 0.3) is 0 Å². The van der Waals surface area contributed by atoms with Gasteiger partial charge >= 0.3 is 0 Å². The first-order chi connectivity index (χ1) is 10.0. The fourth-order valence-corrected chi connectivity index (χ4v) is 3.68. The molecular weight excluding hydrogens is 262 g/mol. The van der Waals surface area contributed by atoms with E-state index in [0.29, 0.717) is 5.92 Å². The maximum atomic E-state index is 11.8. The monoisotopic (exact) mass is 287 g/mol. The summed E-state index contributed by atoms with van der Waals surface area (Å²) < 4.78 is 1.45. The lowest BCUT2D eigenvalue weighted by atomic mass is 9.79. The molecule has 0 unspecified atom stereocenters. The van der Waals surface area contributed by atoms with Crippen LogP contribution in [-0.2, 0) is 20.0 Å². The zero-order valence-corrected chi connectivity index (χ0v) is 13.3. The minimum absolute atomic E-state index is 0.00212. The predicted octanol–water partition coefficient (Wildman–Crippen LogP) is 2.13. The summed E-state index contributed by atoms with van der Waals surface area (Å²) in [5, 5.41) is 4.39. The average Bonchev–Trinajstić information content (AvgIpc) is 2.44. The Kier molecular flexibility index (Phi) is 3.98. The molecular formula is C17H25N3O. The zero-order valence-electron chi connectivity index (χ0n) is 13.3. The SMILES string of the molecule is CC1=CCC[C@@H](C)[C@@H]1CN1CCc2nn(C)c(=O)cc2C1. The van der Waals surface area contributed by atoms with E-state index in [1.807, 2.05) is 0 Å². The Morgan fingerprint density at radius 3 is 3.00 bits per heavy atom. The summed E-state index contributed by atoms with van der Waals surface area (Å²) in [7, 11) is 1.73. The van der Waals surface area contributed by atoms with E-state index in [4.69, 9.17) is 0 Å². The van der Waals surface area contributed by atoms with Crippen molar-refractivity contribution >= 4 is 0 Å². The number of hydrogen-bond donors (Lipinski definition) is 0. The van der Waals surface area contributed by atoms with E-state index in [1.165, 1.54) is 17.5 Å². The molecule has 3 rings (SSSR count). The maximum absolute atomic E-state index is 11.8. The van der Waals surface area contributed by atoms with Crippen molar-refractivity contribution in [3.8, 4) is 0 Å². The van der Waals surface area contributed by atoms with E-state index in [9.17, 15) is 4.79 Å². The fraction of sp³-hybridized carbons (Fsp3) is 0.647. The predicted molar refractivity (Wildman–Crippen MR) is 84.1 cm³/mol. The molecule has 1 aromatic rings. The lowest BCUT2D eigenvalue weighted by Gasteiger charge is -2.36. The Balaban J connectivity index is 1.74. The fourth-order valence-electron chi connectivity index (χ4n) is 3.68. The van der Waals surface area contributed by atoms with Gasteiger partial charge in [-0.2, -0.15) is 5.10 Å². The standard InChI is InChI=1S/C17H25N3O/c1-12-5-4-6-13(2)15(12)11-20-8-7-16-14(10-20)9-17(21)19(3)18-16/h5,9,13,15H,4,6-8,10-11H2,1-3H3/t13-,15-/m1/s1. The number of aromatic nitrogens is 2. The molecule has 0 radical (unpaired) electrons. The van der Waals surface area contributed by atoms with Gasteiger partial charge in [-0.05, 0) is 37.2 Å². The second-order valence-electron chi connectivity index (χ2n) is 6.67. The second-order valence-corrected chi connectivity index (χ2v) is 6.67. The number of fused-ring (bicyclic) bond motifs is 1. The van der Waals surface area contributed by atoms with Crippen molar-refractivity contribution in [2.75, 3.05) is 13.1 Å². The lowest BCUT2D eigenvalue weighted by molar-refractivity contribution is 0.189. The van der Waals surface area contributed by atoms with Gasteiger partial charge in [-0.1, -0.05) is 18.6 Å². The molecule has 4 heteroatoms. The molecule has 0 fully saturated rings. The van der Waals surface area contributed by atoms with Crippen LogP contribution >= 0.6 is 0 Å². The van der Waals surface area contributed by atoms with E-state index >= 15 is 0 Å². The molecule has 4 nitrogen and oxygen atoms in total. The minimum atomic E-state index is -0.00212. The number of rotatable bonds is 2. The van der Waals surface area contributed by atoms with Crippen LogP contribution in [0.3, 0.4) is 0 Å². The highest BCUT2D eigenvalue weighted by Crippen LogP contribution is 2.31. The van der Waals surface area contributed by atoms with Crippen molar-refractivity contribution < 1.29 is 0 Å². The normalized spacial score (nSPS) is 26.3. The smallest absolute Gasteiger partial charge is 0.266 e. The van der Waals surface area contributed by atoms with Crippen LogP contribution in [0.15, 0.2) is 22.5 Å². The van der Waals surface area contributed by atoms with Gasteiger partial charge in [0.05, 0.1) is 5.69 Å². The quantitative estimate of drug-likeness (QED) is 0.782. The third-order valence-corrected chi connectivity index (χ3v) is 5.13. The van der Waals surface area contributed by atoms with E-state index in [2.05, 4.69) is 29.9 Å². The van der Waals surface area contributed by atoms with Crippen LogP contribution in [0.5, 0.6) is 0 Å². The highest BCUT2D eigenvalue weighted by Gasteiger charge is 2.26. The largest absolute Gasteiger partial charge is 0.298 e. The summed E-state index contributed by atoms with van der Waals surface area (Å²) in [5.41, 5.74) is 3.76. The number of aryl methyl sites for hydroxylation is 1. The third kappa shape index (κ3) is 2.95.